The van der Waals surface area contributed by atoms with E-state index in [0.717, 1.165) is 57.0 Å². The van der Waals surface area contributed by atoms with Gasteiger partial charge in [-0.15, -0.1) is 0 Å². The first-order valence-electron chi connectivity index (χ1n) is 14.0. The molecule has 1 fully saturated rings. The van der Waals surface area contributed by atoms with Crippen molar-refractivity contribution in [2.45, 2.75) is 22.4 Å². The Balaban J connectivity index is 1.13. The molecule has 5 aromatic rings. The van der Waals surface area contributed by atoms with Gasteiger partial charge < -0.3 is 15.0 Å². The molecular weight excluding hydrogens is 640 g/mol. The Hall–Kier alpha value is -4.88. The zero-order valence-electron chi connectivity index (χ0n) is 23.5. The predicted octanol–water partition coefficient (Wildman–Crippen LogP) is 6.42. The number of hydrogen-bond donors (Lipinski definition) is 2. The van der Waals surface area contributed by atoms with Gasteiger partial charge in [-0.3, -0.25) is 19.2 Å². The van der Waals surface area contributed by atoms with E-state index in [2.05, 4.69) is 10.3 Å². The maximum atomic E-state index is 13.8. The van der Waals surface area contributed by atoms with E-state index in [-0.39, 0.29) is 23.1 Å². The number of alkyl halides is 3. The third-order valence-electron chi connectivity index (χ3n) is 7.93. The van der Waals surface area contributed by atoms with Crippen LogP contribution in [0.5, 0.6) is 5.75 Å². The molecule has 2 aliphatic rings. The SMILES string of the molecule is O=C(COc1ccc([C@H]2c3sc(=O)[nH]c3SC3C(=O)N(c4cccc(C(F)(F)F)c4)C(=O)C32)cc1)Nc1cccc2ccccc12. The molecule has 3 heterocycles. The molecule has 0 bridgehead atoms. The van der Waals surface area contributed by atoms with Crippen molar-refractivity contribution in [1.29, 1.82) is 0 Å². The van der Waals surface area contributed by atoms with Gasteiger partial charge in [-0.25, -0.2) is 4.90 Å². The lowest BCUT2D eigenvalue weighted by atomic mass is 9.83. The van der Waals surface area contributed by atoms with Crippen LogP contribution in [-0.4, -0.2) is 34.6 Å². The van der Waals surface area contributed by atoms with E-state index >= 15 is 0 Å². The summed E-state index contributed by atoms with van der Waals surface area (Å²) in [4.78, 5) is 56.2. The normalized spacial score (nSPS) is 19.2. The first kappa shape index (κ1) is 29.8. The molecule has 2 aliphatic heterocycles. The van der Waals surface area contributed by atoms with E-state index in [1.807, 2.05) is 36.4 Å². The number of amides is 3. The number of H-pyrrole nitrogens is 1. The van der Waals surface area contributed by atoms with Crippen LogP contribution in [0.2, 0.25) is 0 Å². The van der Waals surface area contributed by atoms with Crippen molar-refractivity contribution in [1.82, 2.24) is 4.98 Å². The molecule has 8 nitrogen and oxygen atoms in total. The van der Waals surface area contributed by atoms with Gasteiger partial charge in [0.15, 0.2) is 6.61 Å². The van der Waals surface area contributed by atoms with Crippen LogP contribution in [0.1, 0.15) is 21.9 Å². The van der Waals surface area contributed by atoms with Gasteiger partial charge in [0, 0.05) is 21.9 Å². The van der Waals surface area contributed by atoms with Crippen molar-refractivity contribution in [3.8, 4) is 5.75 Å². The molecule has 0 spiro atoms. The maximum absolute atomic E-state index is 13.8. The summed E-state index contributed by atoms with van der Waals surface area (Å²) in [6.07, 6.45) is -4.66. The molecular formula is C33H22F3N3O5S2. The molecule has 0 radical (unpaired) electrons. The summed E-state index contributed by atoms with van der Waals surface area (Å²) >= 11 is 1.96. The first-order chi connectivity index (χ1) is 22.1. The summed E-state index contributed by atoms with van der Waals surface area (Å²) in [7, 11) is 0. The number of benzene rings is 4. The maximum Gasteiger partial charge on any atom is 0.416 e. The van der Waals surface area contributed by atoms with Crippen LogP contribution >= 0.6 is 23.1 Å². The van der Waals surface area contributed by atoms with Crippen molar-refractivity contribution < 1.29 is 32.3 Å². The van der Waals surface area contributed by atoms with E-state index in [9.17, 15) is 32.3 Å². The van der Waals surface area contributed by atoms with Gasteiger partial charge in [-0.2, -0.15) is 13.2 Å². The Kier molecular flexibility index (Phi) is 7.44. The Morgan fingerprint density at radius 2 is 1.65 bits per heavy atom. The van der Waals surface area contributed by atoms with Crippen LogP contribution < -0.4 is 19.8 Å². The number of nitrogens with one attached hydrogen (secondary N) is 2. The topological polar surface area (TPSA) is 109 Å². The minimum atomic E-state index is -4.66. The van der Waals surface area contributed by atoms with Gasteiger partial charge in [0.25, 0.3) is 5.91 Å². The number of ether oxygens (including phenoxy) is 1. The third kappa shape index (κ3) is 5.35. The van der Waals surface area contributed by atoms with Crippen LogP contribution in [0.3, 0.4) is 0 Å². The van der Waals surface area contributed by atoms with Gasteiger partial charge in [-0.05, 0) is 47.3 Å². The number of imide groups is 1. The van der Waals surface area contributed by atoms with Crippen LogP contribution in [-0.2, 0) is 20.6 Å². The van der Waals surface area contributed by atoms with Crippen molar-refractivity contribution >= 4 is 63.0 Å². The van der Waals surface area contributed by atoms with E-state index in [0.29, 0.717) is 26.9 Å². The number of aromatic nitrogens is 1. The number of hydrogen-bond acceptors (Lipinski definition) is 7. The van der Waals surface area contributed by atoms with Crippen LogP contribution in [0.25, 0.3) is 10.8 Å². The summed E-state index contributed by atoms with van der Waals surface area (Å²) in [5.41, 5.74) is 0.116. The van der Waals surface area contributed by atoms with Crippen molar-refractivity contribution in [3.05, 3.63) is 117 Å². The van der Waals surface area contributed by atoms with Crippen LogP contribution in [0, 0.1) is 5.92 Å². The number of nitrogens with zero attached hydrogens (tertiary/aromatic N) is 1. The van der Waals surface area contributed by atoms with Crippen molar-refractivity contribution in [3.63, 3.8) is 0 Å². The van der Waals surface area contributed by atoms with E-state index < -0.39 is 40.6 Å². The minimum absolute atomic E-state index is 0.166. The molecule has 3 amide bonds. The standard InChI is InChI=1S/C33H22F3N3O5S2/c34-33(35,36)19-7-4-8-20(15-19)39-30(41)26-25(27-29(38-32(43)46-27)45-28(26)31(39)42)18-11-13-21(14-12-18)44-16-24(40)37-23-10-3-6-17-5-1-2-9-22(17)23/h1-15,25-26,28H,16H2,(H,37,40)(H,38,43)/t25-,26?,28?/m1/s1. The highest BCUT2D eigenvalue weighted by atomic mass is 32.2. The molecule has 4 aromatic carbocycles. The number of thioether (sulfide) groups is 1. The summed E-state index contributed by atoms with van der Waals surface area (Å²) in [5, 5.41) is 4.22. The number of anilines is 2. The smallest absolute Gasteiger partial charge is 0.416 e. The second kappa shape index (κ2) is 11.5. The Bertz CT molecular complexity index is 2070. The van der Waals surface area contributed by atoms with E-state index in [1.54, 1.807) is 30.3 Å². The molecule has 1 aromatic heterocycles. The van der Waals surface area contributed by atoms with Crippen LogP contribution in [0.15, 0.2) is 101 Å². The predicted molar refractivity (Wildman–Crippen MR) is 168 cm³/mol. The minimum Gasteiger partial charge on any atom is -0.484 e. The molecule has 13 heteroatoms. The second-order valence-corrected chi connectivity index (χ2v) is 12.9. The molecule has 1 saturated heterocycles. The number of carbonyl (C=O) groups is 3. The van der Waals surface area contributed by atoms with Gasteiger partial charge >= 0.3 is 11.0 Å². The first-order valence-corrected chi connectivity index (χ1v) is 15.7. The molecule has 3 atom stereocenters. The average Bonchev–Trinajstić information content (AvgIpc) is 3.54. The summed E-state index contributed by atoms with van der Waals surface area (Å²) < 4.78 is 46.0. The lowest BCUT2D eigenvalue weighted by molar-refractivity contribution is -0.137. The fourth-order valence-corrected chi connectivity index (χ4v) is 8.41. The fraction of sp³-hybridized carbons (Fsp3) is 0.152. The van der Waals surface area contributed by atoms with Crippen LogP contribution in [0.4, 0.5) is 24.5 Å². The zero-order valence-corrected chi connectivity index (χ0v) is 25.2. The Morgan fingerprint density at radius 3 is 2.43 bits per heavy atom. The average molecular weight is 662 g/mol. The molecule has 2 unspecified atom stereocenters. The summed E-state index contributed by atoms with van der Waals surface area (Å²) in [5.74, 6) is -2.98. The molecule has 7 rings (SSSR count). The highest BCUT2D eigenvalue weighted by molar-refractivity contribution is 8.00. The summed E-state index contributed by atoms with van der Waals surface area (Å²) in [6, 6.07) is 24.0. The quantitative estimate of drug-likeness (QED) is 0.203. The number of rotatable bonds is 6. The van der Waals surface area contributed by atoms with Crippen molar-refractivity contribution in [2.75, 3.05) is 16.8 Å². The number of carbonyl (C=O) groups excluding carboxylic acids is 3. The molecule has 0 saturated carbocycles. The number of thiazole rings is 1. The molecule has 232 valence electrons. The highest BCUT2D eigenvalue weighted by Crippen LogP contribution is 2.53. The van der Waals surface area contributed by atoms with Gasteiger partial charge in [-0.1, -0.05) is 77.7 Å². The molecule has 2 N–H and O–H groups in total. The zero-order chi connectivity index (χ0) is 32.2. The second-order valence-electron chi connectivity index (χ2n) is 10.7. The fourth-order valence-electron chi connectivity index (χ4n) is 5.89. The summed E-state index contributed by atoms with van der Waals surface area (Å²) in [6.45, 7) is -0.268. The van der Waals surface area contributed by atoms with Gasteiger partial charge in [0.05, 0.1) is 22.2 Å². The third-order valence-corrected chi connectivity index (χ3v) is 10.3. The monoisotopic (exact) mass is 661 g/mol. The van der Waals surface area contributed by atoms with E-state index in [1.165, 1.54) is 6.07 Å². The molecule has 46 heavy (non-hydrogen) atoms. The lowest BCUT2D eigenvalue weighted by Crippen LogP contribution is -2.32. The molecule has 0 aliphatic carbocycles. The number of halogens is 3. The lowest BCUT2D eigenvalue weighted by Gasteiger charge is -2.29. The number of fused-ring (bicyclic) bond motifs is 3. The Morgan fingerprint density at radius 1 is 0.913 bits per heavy atom. The number of aromatic amines is 1. The Labute approximate surface area is 267 Å². The highest BCUT2D eigenvalue weighted by Gasteiger charge is 2.56. The van der Waals surface area contributed by atoms with Gasteiger partial charge in [0.1, 0.15) is 11.0 Å². The van der Waals surface area contributed by atoms with Gasteiger partial charge in [0.2, 0.25) is 11.8 Å². The van der Waals surface area contributed by atoms with E-state index in [4.69, 9.17) is 4.74 Å². The van der Waals surface area contributed by atoms with Crippen molar-refractivity contribution in [2.24, 2.45) is 5.92 Å². The largest absolute Gasteiger partial charge is 0.484 e.